The molecule has 5 nitrogen and oxygen atoms in total. The highest BCUT2D eigenvalue weighted by molar-refractivity contribution is 6.32. The molecule has 1 amide bonds. The number of amides is 1. The lowest BCUT2D eigenvalue weighted by Gasteiger charge is -2.12. The molecule has 0 unspecified atom stereocenters. The second kappa shape index (κ2) is 4.65. The summed E-state index contributed by atoms with van der Waals surface area (Å²) in [5.74, 6) is 0.335. The normalized spacial score (nSPS) is 19.9. The first-order valence-corrected chi connectivity index (χ1v) is 6.82. The molecular formula is C13H16ClN3O2. The Morgan fingerprint density at radius 1 is 1.58 bits per heavy atom. The number of nitrogens with one attached hydrogen (secondary N) is 1. The first kappa shape index (κ1) is 12.7. The highest BCUT2D eigenvalue weighted by Gasteiger charge is 2.39. The van der Waals surface area contributed by atoms with Crippen LogP contribution in [-0.2, 0) is 0 Å². The Kier molecular flexibility index (Phi) is 3.11. The van der Waals surface area contributed by atoms with E-state index in [2.05, 4.69) is 10.3 Å². The monoisotopic (exact) mass is 281 g/mol. The first-order chi connectivity index (χ1) is 9.06. The standard InChI is InChI=1S/C13H16ClN3O2/c14-11-10(12(18)17-8-1-2-8)5-9(6-16-11)19-7-13(15)3-4-13/h5-6,8H,1-4,7,15H2,(H,17,18). The lowest BCUT2D eigenvalue weighted by atomic mass is 10.2. The minimum absolute atomic E-state index is 0.194. The van der Waals surface area contributed by atoms with Crippen molar-refractivity contribution < 1.29 is 9.53 Å². The first-order valence-electron chi connectivity index (χ1n) is 6.44. The van der Waals surface area contributed by atoms with Gasteiger partial charge in [-0.1, -0.05) is 11.6 Å². The summed E-state index contributed by atoms with van der Waals surface area (Å²) >= 11 is 5.95. The SMILES string of the molecule is NC1(COc2cnc(Cl)c(C(=O)NC3CC3)c2)CC1. The molecule has 3 rings (SSSR count). The molecule has 2 aliphatic rings. The Labute approximate surface area is 116 Å². The van der Waals surface area contributed by atoms with Crippen LogP contribution in [0, 0.1) is 0 Å². The minimum Gasteiger partial charge on any atom is -0.490 e. The van der Waals surface area contributed by atoms with Crippen LogP contribution >= 0.6 is 11.6 Å². The smallest absolute Gasteiger partial charge is 0.254 e. The molecule has 2 aliphatic carbocycles. The number of carbonyl (C=O) groups excluding carboxylic acids is 1. The molecule has 0 radical (unpaired) electrons. The highest BCUT2D eigenvalue weighted by atomic mass is 35.5. The fourth-order valence-electron chi connectivity index (χ4n) is 1.69. The van der Waals surface area contributed by atoms with Gasteiger partial charge in [0.1, 0.15) is 17.5 Å². The van der Waals surface area contributed by atoms with Crippen molar-refractivity contribution in [3.63, 3.8) is 0 Å². The van der Waals surface area contributed by atoms with Crippen molar-refractivity contribution in [1.82, 2.24) is 10.3 Å². The van der Waals surface area contributed by atoms with Crippen molar-refractivity contribution >= 4 is 17.5 Å². The Bertz CT molecular complexity index is 513. The number of halogens is 1. The van der Waals surface area contributed by atoms with Gasteiger partial charge < -0.3 is 15.8 Å². The van der Waals surface area contributed by atoms with Gasteiger partial charge in [-0.2, -0.15) is 0 Å². The molecular weight excluding hydrogens is 266 g/mol. The Balaban J connectivity index is 1.69. The van der Waals surface area contributed by atoms with Crippen molar-refractivity contribution in [2.45, 2.75) is 37.3 Å². The van der Waals surface area contributed by atoms with Crippen molar-refractivity contribution in [1.29, 1.82) is 0 Å². The highest BCUT2D eigenvalue weighted by Crippen LogP contribution is 2.33. The van der Waals surface area contributed by atoms with Crippen molar-refractivity contribution in [3.8, 4) is 5.75 Å². The van der Waals surface area contributed by atoms with E-state index in [1.54, 1.807) is 6.07 Å². The van der Waals surface area contributed by atoms with Crippen LogP contribution in [0.4, 0.5) is 0 Å². The van der Waals surface area contributed by atoms with E-state index >= 15 is 0 Å². The lowest BCUT2D eigenvalue weighted by molar-refractivity contribution is 0.0950. The van der Waals surface area contributed by atoms with Crippen molar-refractivity contribution in [2.75, 3.05) is 6.61 Å². The van der Waals surface area contributed by atoms with E-state index in [0.717, 1.165) is 25.7 Å². The fraction of sp³-hybridized carbons (Fsp3) is 0.538. The van der Waals surface area contributed by atoms with E-state index in [1.165, 1.54) is 6.20 Å². The zero-order valence-electron chi connectivity index (χ0n) is 10.5. The third kappa shape index (κ3) is 3.16. The fourth-order valence-corrected chi connectivity index (χ4v) is 1.88. The maximum Gasteiger partial charge on any atom is 0.254 e. The summed E-state index contributed by atoms with van der Waals surface area (Å²) in [5.41, 5.74) is 6.10. The number of nitrogens with two attached hydrogens (primary N) is 1. The van der Waals surface area contributed by atoms with Crippen molar-refractivity contribution in [3.05, 3.63) is 23.0 Å². The molecule has 0 saturated heterocycles. The summed E-state index contributed by atoms with van der Waals surface area (Å²) < 4.78 is 5.57. The molecule has 2 fully saturated rings. The maximum absolute atomic E-state index is 12.0. The number of hydrogen-bond donors (Lipinski definition) is 2. The van der Waals surface area contributed by atoms with Crippen LogP contribution in [0.2, 0.25) is 5.15 Å². The number of ether oxygens (including phenoxy) is 1. The van der Waals surface area contributed by atoms with Crippen LogP contribution in [0.15, 0.2) is 12.3 Å². The van der Waals surface area contributed by atoms with Gasteiger partial charge in [0, 0.05) is 6.04 Å². The number of hydrogen-bond acceptors (Lipinski definition) is 4. The Hall–Kier alpha value is -1.33. The molecule has 0 aliphatic heterocycles. The third-order valence-corrected chi connectivity index (χ3v) is 3.69. The zero-order valence-corrected chi connectivity index (χ0v) is 11.2. The molecule has 1 heterocycles. The summed E-state index contributed by atoms with van der Waals surface area (Å²) in [5, 5.41) is 3.07. The molecule has 102 valence electrons. The lowest BCUT2D eigenvalue weighted by Crippen LogP contribution is -2.30. The Morgan fingerprint density at radius 2 is 2.32 bits per heavy atom. The largest absolute Gasteiger partial charge is 0.490 e. The van der Waals surface area contributed by atoms with E-state index in [4.69, 9.17) is 22.1 Å². The summed E-state index contributed by atoms with van der Waals surface area (Å²) in [6.07, 6.45) is 5.53. The second-order valence-electron chi connectivity index (χ2n) is 5.41. The third-order valence-electron chi connectivity index (χ3n) is 3.39. The quantitative estimate of drug-likeness (QED) is 0.802. The van der Waals surface area contributed by atoms with Gasteiger partial charge in [0.05, 0.1) is 17.3 Å². The number of aromatic nitrogens is 1. The van der Waals surface area contributed by atoms with Gasteiger partial charge in [0.25, 0.3) is 5.91 Å². The minimum atomic E-state index is -0.198. The Morgan fingerprint density at radius 3 is 2.95 bits per heavy atom. The van der Waals surface area contributed by atoms with Crippen molar-refractivity contribution in [2.24, 2.45) is 5.73 Å². The van der Waals surface area contributed by atoms with Gasteiger partial charge in [-0.05, 0) is 31.7 Å². The van der Waals surface area contributed by atoms with E-state index in [1.807, 2.05) is 0 Å². The molecule has 6 heteroatoms. The summed E-state index contributed by atoms with van der Waals surface area (Å²) in [4.78, 5) is 16.0. The predicted molar refractivity (Wildman–Crippen MR) is 71.4 cm³/mol. The van der Waals surface area contributed by atoms with Crippen LogP contribution in [0.25, 0.3) is 0 Å². The molecule has 0 spiro atoms. The number of nitrogens with zero attached hydrogens (tertiary/aromatic N) is 1. The topological polar surface area (TPSA) is 77.2 Å². The van der Waals surface area contributed by atoms with Crippen LogP contribution in [0.1, 0.15) is 36.0 Å². The van der Waals surface area contributed by atoms with Gasteiger partial charge in [0.2, 0.25) is 0 Å². The summed E-state index contributed by atoms with van der Waals surface area (Å²) in [7, 11) is 0. The summed E-state index contributed by atoms with van der Waals surface area (Å²) in [6.45, 7) is 0.444. The molecule has 1 aromatic heterocycles. The summed E-state index contributed by atoms with van der Waals surface area (Å²) in [6, 6.07) is 1.91. The van der Waals surface area contributed by atoms with Gasteiger partial charge in [0.15, 0.2) is 0 Å². The van der Waals surface area contributed by atoms with Crippen LogP contribution in [0.3, 0.4) is 0 Å². The number of rotatable bonds is 5. The van der Waals surface area contributed by atoms with E-state index in [0.29, 0.717) is 17.9 Å². The molecule has 1 aromatic rings. The average Bonchev–Trinajstić information content (AvgIpc) is 3.28. The van der Waals surface area contributed by atoms with Crippen LogP contribution < -0.4 is 15.8 Å². The van der Waals surface area contributed by atoms with Gasteiger partial charge in [-0.15, -0.1) is 0 Å². The van der Waals surface area contributed by atoms with Gasteiger partial charge >= 0.3 is 0 Å². The van der Waals surface area contributed by atoms with E-state index < -0.39 is 0 Å². The number of pyridine rings is 1. The van der Waals surface area contributed by atoms with Gasteiger partial charge in [-0.3, -0.25) is 4.79 Å². The van der Waals surface area contributed by atoms with Crippen LogP contribution in [0.5, 0.6) is 5.75 Å². The second-order valence-corrected chi connectivity index (χ2v) is 5.77. The van der Waals surface area contributed by atoms with E-state index in [9.17, 15) is 4.79 Å². The van der Waals surface area contributed by atoms with E-state index in [-0.39, 0.29) is 22.6 Å². The van der Waals surface area contributed by atoms with Gasteiger partial charge in [-0.25, -0.2) is 4.98 Å². The molecule has 2 saturated carbocycles. The molecule has 3 N–H and O–H groups in total. The maximum atomic E-state index is 12.0. The molecule has 0 aromatic carbocycles. The predicted octanol–water partition coefficient (Wildman–Crippen LogP) is 1.50. The average molecular weight is 282 g/mol. The van der Waals surface area contributed by atoms with Crippen LogP contribution in [-0.4, -0.2) is 29.1 Å². The molecule has 0 atom stereocenters. The number of carbonyl (C=O) groups is 1. The molecule has 0 bridgehead atoms. The zero-order chi connectivity index (χ0) is 13.5. The molecule has 19 heavy (non-hydrogen) atoms.